The molecule has 0 atom stereocenters. The highest BCUT2D eigenvalue weighted by molar-refractivity contribution is 5.56. The Bertz CT molecular complexity index is 509. The number of nitrogens with two attached hydrogens (primary N) is 1. The summed E-state index contributed by atoms with van der Waals surface area (Å²) in [4.78, 5) is 8.05. The Morgan fingerprint density at radius 3 is 2.44 bits per heavy atom. The number of aromatic nitrogens is 2. The summed E-state index contributed by atoms with van der Waals surface area (Å²) in [6, 6.07) is 8.24. The van der Waals surface area contributed by atoms with Gasteiger partial charge >= 0.3 is 0 Å². The molecule has 0 aliphatic rings. The second-order valence-corrected chi connectivity index (χ2v) is 5.16. The molecule has 0 aliphatic heterocycles. The fraction of sp³-hybridized carbons (Fsp3) is 0.400. The van der Waals surface area contributed by atoms with Crippen molar-refractivity contribution < 1.29 is 0 Å². The van der Waals surface area contributed by atoms with Gasteiger partial charge in [0.25, 0.3) is 0 Å². The monoisotopic (exact) mass is 243 g/mol. The van der Waals surface area contributed by atoms with Crippen LogP contribution in [0.3, 0.4) is 0 Å². The predicted molar refractivity (Wildman–Crippen MR) is 75.2 cm³/mol. The summed E-state index contributed by atoms with van der Waals surface area (Å²) in [6.45, 7) is 7.09. The Morgan fingerprint density at radius 1 is 1.22 bits per heavy atom. The van der Waals surface area contributed by atoms with Crippen LogP contribution in [0.25, 0.3) is 11.4 Å². The van der Waals surface area contributed by atoms with E-state index in [1.807, 2.05) is 0 Å². The molecule has 0 spiro atoms. The van der Waals surface area contributed by atoms with Crippen LogP contribution in [0.5, 0.6) is 0 Å². The third-order valence-corrected chi connectivity index (χ3v) is 3.05. The van der Waals surface area contributed by atoms with Crippen LogP contribution in [0, 0.1) is 12.8 Å². The third kappa shape index (κ3) is 2.79. The zero-order valence-electron chi connectivity index (χ0n) is 11.3. The minimum absolute atomic E-state index is 0.579. The minimum Gasteiger partial charge on any atom is -0.342 e. The topological polar surface area (TPSA) is 54.7 Å². The predicted octanol–water partition coefficient (Wildman–Crippen LogP) is 3.04. The summed E-state index contributed by atoms with van der Waals surface area (Å²) in [7, 11) is 0. The van der Waals surface area contributed by atoms with E-state index >= 15 is 0 Å². The quantitative estimate of drug-likeness (QED) is 0.867. The lowest BCUT2D eigenvalue weighted by Crippen LogP contribution is -1.96. The normalized spacial score (nSPS) is 11.2. The van der Waals surface area contributed by atoms with Crippen LogP contribution in [0.1, 0.15) is 30.8 Å². The number of nitrogens with one attached hydrogen (secondary N) is 1. The van der Waals surface area contributed by atoms with Gasteiger partial charge in [0.1, 0.15) is 5.82 Å². The molecule has 0 bridgehead atoms. The lowest BCUT2D eigenvalue weighted by atomic mass is 10.1. The van der Waals surface area contributed by atoms with Crippen molar-refractivity contribution in [3.63, 3.8) is 0 Å². The number of nitrogens with zero attached hydrogens (tertiary/aromatic N) is 1. The summed E-state index contributed by atoms with van der Waals surface area (Å²) in [5.74, 6) is 1.58. The largest absolute Gasteiger partial charge is 0.342 e. The van der Waals surface area contributed by atoms with Crippen molar-refractivity contribution in [3.05, 3.63) is 41.2 Å². The first-order valence-corrected chi connectivity index (χ1v) is 6.45. The van der Waals surface area contributed by atoms with Crippen molar-refractivity contribution >= 4 is 0 Å². The first kappa shape index (κ1) is 12.8. The standard InChI is InChI=1S/C15H21N3/c1-10(2)8-14-11(3)17-15(18-14)13-6-4-12(9-16)5-7-13/h4-7,10H,8-9,16H2,1-3H3,(H,17,18). The maximum atomic E-state index is 5.60. The van der Waals surface area contributed by atoms with E-state index in [1.54, 1.807) is 0 Å². The fourth-order valence-corrected chi connectivity index (χ4v) is 2.02. The molecule has 1 aromatic carbocycles. The van der Waals surface area contributed by atoms with Crippen molar-refractivity contribution in [2.45, 2.75) is 33.7 Å². The van der Waals surface area contributed by atoms with Crippen molar-refractivity contribution in [1.82, 2.24) is 9.97 Å². The lowest BCUT2D eigenvalue weighted by molar-refractivity contribution is 0.635. The molecule has 2 rings (SSSR count). The maximum absolute atomic E-state index is 5.60. The van der Waals surface area contributed by atoms with E-state index in [-0.39, 0.29) is 0 Å². The van der Waals surface area contributed by atoms with Crippen molar-refractivity contribution in [1.29, 1.82) is 0 Å². The van der Waals surface area contributed by atoms with Gasteiger partial charge in [0, 0.05) is 17.8 Å². The van der Waals surface area contributed by atoms with Gasteiger partial charge in [-0.1, -0.05) is 38.1 Å². The zero-order chi connectivity index (χ0) is 13.1. The molecule has 18 heavy (non-hydrogen) atoms. The van der Waals surface area contributed by atoms with Gasteiger partial charge in [0.15, 0.2) is 0 Å². The van der Waals surface area contributed by atoms with E-state index in [0.717, 1.165) is 23.4 Å². The first-order valence-electron chi connectivity index (χ1n) is 6.45. The average molecular weight is 243 g/mol. The van der Waals surface area contributed by atoms with Crippen LogP contribution in [-0.2, 0) is 13.0 Å². The summed E-state index contributed by atoms with van der Waals surface area (Å²) in [6.07, 6.45) is 1.02. The van der Waals surface area contributed by atoms with Gasteiger partial charge in [-0.15, -0.1) is 0 Å². The van der Waals surface area contributed by atoms with Gasteiger partial charge in [0.2, 0.25) is 0 Å². The number of rotatable bonds is 4. The summed E-state index contributed by atoms with van der Waals surface area (Å²) < 4.78 is 0. The van der Waals surface area contributed by atoms with Gasteiger partial charge in [-0.2, -0.15) is 0 Å². The first-order chi connectivity index (χ1) is 8.60. The Hall–Kier alpha value is -1.61. The number of hydrogen-bond donors (Lipinski definition) is 2. The summed E-state index contributed by atoms with van der Waals surface area (Å²) in [5, 5.41) is 0. The second kappa shape index (κ2) is 5.36. The second-order valence-electron chi connectivity index (χ2n) is 5.16. The zero-order valence-corrected chi connectivity index (χ0v) is 11.3. The highest BCUT2D eigenvalue weighted by atomic mass is 14.9. The minimum atomic E-state index is 0.579. The number of benzene rings is 1. The van der Waals surface area contributed by atoms with Gasteiger partial charge in [-0.05, 0) is 24.8 Å². The molecule has 0 saturated heterocycles. The highest BCUT2D eigenvalue weighted by Gasteiger charge is 2.09. The summed E-state index contributed by atoms with van der Waals surface area (Å²) in [5.41, 5.74) is 10.2. The van der Waals surface area contributed by atoms with Crippen LogP contribution in [0.4, 0.5) is 0 Å². The number of aryl methyl sites for hydroxylation is 1. The smallest absolute Gasteiger partial charge is 0.137 e. The number of imidazole rings is 1. The van der Waals surface area contributed by atoms with Crippen LogP contribution < -0.4 is 5.73 Å². The lowest BCUT2D eigenvalue weighted by Gasteiger charge is -2.01. The average Bonchev–Trinajstić information content (AvgIpc) is 2.70. The Kier molecular flexibility index (Phi) is 3.82. The van der Waals surface area contributed by atoms with E-state index in [2.05, 4.69) is 55.0 Å². The van der Waals surface area contributed by atoms with Crippen LogP contribution in [-0.4, -0.2) is 9.97 Å². The Morgan fingerprint density at radius 2 is 1.89 bits per heavy atom. The SMILES string of the molecule is Cc1[nH]c(-c2ccc(CN)cc2)nc1CC(C)C. The van der Waals surface area contributed by atoms with Gasteiger partial charge in [-0.25, -0.2) is 4.98 Å². The van der Waals surface area contributed by atoms with E-state index in [0.29, 0.717) is 12.5 Å². The fourth-order valence-electron chi connectivity index (χ4n) is 2.02. The van der Waals surface area contributed by atoms with Gasteiger partial charge < -0.3 is 10.7 Å². The number of H-pyrrole nitrogens is 1. The molecule has 3 nitrogen and oxygen atoms in total. The molecular formula is C15H21N3. The van der Waals surface area contributed by atoms with Crippen LogP contribution in [0.2, 0.25) is 0 Å². The molecule has 0 fully saturated rings. The molecule has 1 aromatic heterocycles. The molecule has 0 saturated carbocycles. The molecule has 1 heterocycles. The van der Waals surface area contributed by atoms with Crippen molar-refractivity contribution in [2.24, 2.45) is 11.7 Å². The molecule has 3 heteroatoms. The number of hydrogen-bond acceptors (Lipinski definition) is 2. The molecule has 0 radical (unpaired) electrons. The van der Waals surface area contributed by atoms with E-state index in [4.69, 9.17) is 5.73 Å². The van der Waals surface area contributed by atoms with E-state index in [1.165, 1.54) is 11.4 Å². The van der Waals surface area contributed by atoms with Gasteiger partial charge in [-0.3, -0.25) is 0 Å². The Labute approximate surface area is 108 Å². The summed E-state index contributed by atoms with van der Waals surface area (Å²) >= 11 is 0. The molecule has 96 valence electrons. The van der Waals surface area contributed by atoms with Crippen molar-refractivity contribution in [3.8, 4) is 11.4 Å². The van der Waals surface area contributed by atoms with Gasteiger partial charge in [0.05, 0.1) is 5.69 Å². The maximum Gasteiger partial charge on any atom is 0.137 e. The van der Waals surface area contributed by atoms with Crippen LogP contribution >= 0.6 is 0 Å². The number of aromatic amines is 1. The molecule has 2 aromatic rings. The van der Waals surface area contributed by atoms with Crippen LogP contribution in [0.15, 0.2) is 24.3 Å². The molecular weight excluding hydrogens is 222 g/mol. The molecule has 3 N–H and O–H groups in total. The Balaban J connectivity index is 2.27. The molecule has 0 unspecified atom stereocenters. The van der Waals surface area contributed by atoms with E-state index < -0.39 is 0 Å². The molecule has 0 amide bonds. The third-order valence-electron chi connectivity index (χ3n) is 3.05. The van der Waals surface area contributed by atoms with Crippen molar-refractivity contribution in [2.75, 3.05) is 0 Å². The highest BCUT2D eigenvalue weighted by Crippen LogP contribution is 2.20. The molecule has 0 aliphatic carbocycles. The van der Waals surface area contributed by atoms with E-state index in [9.17, 15) is 0 Å².